The fourth-order valence-corrected chi connectivity index (χ4v) is 3.62. The summed E-state index contributed by atoms with van der Waals surface area (Å²) >= 11 is 0. The third-order valence-corrected chi connectivity index (χ3v) is 5.17. The van der Waals surface area contributed by atoms with Crippen LogP contribution in [0.5, 0.6) is 0 Å². The third kappa shape index (κ3) is 3.75. The van der Waals surface area contributed by atoms with Crippen molar-refractivity contribution in [3.05, 3.63) is 83.3 Å². The number of halogens is 3. The van der Waals surface area contributed by atoms with Crippen molar-refractivity contribution in [2.45, 2.75) is 12.7 Å². The zero-order valence-corrected chi connectivity index (χ0v) is 16.2. The van der Waals surface area contributed by atoms with Crippen LogP contribution in [0, 0.1) is 0 Å². The summed E-state index contributed by atoms with van der Waals surface area (Å²) in [6.45, 7) is 0.888. The second-order valence-corrected chi connectivity index (χ2v) is 7.18. The van der Waals surface area contributed by atoms with Crippen molar-refractivity contribution in [3.63, 3.8) is 0 Å². The molecule has 0 aliphatic carbocycles. The number of fused-ring (bicyclic) bond motifs is 4. The monoisotopic (exact) mass is 422 g/mol. The molecule has 2 aliphatic heterocycles. The highest BCUT2D eigenvalue weighted by atomic mass is 19.4. The number of rotatable bonds is 3. The summed E-state index contributed by atoms with van der Waals surface area (Å²) in [5.74, 6) is 0.713. The van der Waals surface area contributed by atoms with Crippen molar-refractivity contribution in [1.82, 2.24) is 20.4 Å². The maximum Gasteiger partial charge on any atom is 0.416 e. The standard InChI is InChI=1S/C22H17F3N6/c23-22(24,25)15-5-3-14(4-6-15)10-29-31-12-18-16-7-9-26-11-19(16)30-21-17(2-1-8-27-21)20(18)28-13-31/h1-9,11,13,29H,10,12H2,(H,27,30). The number of hydrogen-bond donors (Lipinski definition) is 2. The number of nitrogens with one attached hydrogen (secondary N) is 2. The Balaban J connectivity index is 1.39. The quantitative estimate of drug-likeness (QED) is 0.652. The van der Waals surface area contributed by atoms with Crippen LogP contribution in [0.1, 0.15) is 22.3 Å². The highest BCUT2D eigenvalue weighted by Crippen LogP contribution is 2.40. The highest BCUT2D eigenvalue weighted by Gasteiger charge is 2.30. The molecule has 5 rings (SSSR count). The number of hydrazine groups is 1. The summed E-state index contributed by atoms with van der Waals surface area (Å²) in [5, 5.41) is 5.15. The summed E-state index contributed by atoms with van der Waals surface area (Å²) in [4.78, 5) is 13.3. The van der Waals surface area contributed by atoms with Gasteiger partial charge in [-0.05, 0) is 35.9 Å². The summed E-state index contributed by atoms with van der Waals surface area (Å²) in [7, 11) is 0. The molecule has 2 aromatic heterocycles. The average Bonchev–Trinajstić information content (AvgIpc) is 2.92. The fourth-order valence-electron chi connectivity index (χ4n) is 3.62. The first kappa shape index (κ1) is 19.3. The molecule has 0 atom stereocenters. The van der Waals surface area contributed by atoms with Crippen LogP contribution in [0.4, 0.5) is 24.7 Å². The van der Waals surface area contributed by atoms with E-state index in [0.29, 0.717) is 18.9 Å². The predicted molar refractivity (Wildman–Crippen MR) is 112 cm³/mol. The van der Waals surface area contributed by atoms with Crippen LogP contribution in [-0.2, 0) is 12.7 Å². The van der Waals surface area contributed by atoms with E-state index in [9.17, 15) is 13.2 Å². The van der Waals surface area contributed by atoms with Gasteiger partial charge in [-0.3, -0.25) is 9.99 Å². The van der Waals surface area contributed by atoms with Crippen molar-refractivity contribution in [3.8, 4) is 0 Å². The van der Waals surface area contributed by atoms with Gasteiger partial charge < -0.3 is 5.32 Å². The third-order valence-electron chi connectivity index (χ3n) is 5.17. The minimum atomic E-state index is -4.34. The SMILES string of the molecule is FC(F)(F)c1ccc(CNN2C=NC3=C(C2)c2ccncc2Nc2ncccc23)cc1. The van der Waals surface area contributed by atoms with Crippen LogP contribution in [0.3, 0.4) is 0 Å². The Bertz CT molecular complexity index is 1180. The largest absolute Gasteiger partial charge is 0.416 e. The van der Waals surface area contributed by atoms with Crippen LogP contribution >= 0.6 is 0 Å². The molecule has 0 bridgehead atoms. The van der Waals surface area contributed by atoms with Gasteiger partial charge in [0, 0.05) is 35.6 Å². The number of hydrogen-bond acceptors (Lipinski definition) is 6. The molecule has 9 heteroatoms. The van der Waals surface area contributed by atoms with Gasteiger partial charge in [-0.25, -0.2) is 15.4 Å². The average molecular weight is 422 g/mol. The van der Waals surface area contributed by atoms with Gasteiger partial charge in [0.15, 0.2) is 0 Å². The molecule has 3 aromatic rings. The van der Waals surface area contributed by atoms with Gasteiger partial charge in [0.25, 0.3) is 0 Å². The first-order chi connectivity index (χ1) is 15.0. The van der Waals surface area contributed by atoms with Crippen molar-refractivity contribution < 1.29 is 13.2 Å². The number of alkyl halides is 3. The summed E-state index contributed by atoms with van der Waals surface area (Å²) < 4.78 is 38.3. The summed E-state index contributed by atoms with van der Waals surface area (Å²) in [6, 6.07) is 10.9. The first-order valence-corrected chi connectivity index (χ1v) is 9.59. The number of nitrogens with zero attached hydrogens (tertiary/aromatic N) is 4. The van der Waals surface area contributed by atoms with Crippen molar-refractivity contribution >= 4 is 29.1 Å². The van der Waals surface area contributed by atoms with Crippen molar-refractivity contribution in [1.29, 1.82) is 0 Å². The maximum absolute atomic E-state index is 12.8. The lowest BCUT2D eigenvalue weighted by atomic mass is 10.0. The van der Waals surface area contributed by atoms with E-state index in [1.807, 2.05) is 23.2 Å². The Morgan fingerprint density at radius 1 is 1.03 bits per heavy atom. The predicted octanol–water partition coefficient (Wildman–Crippen LogP) is 4.47. The van der Waals surface area contributed by atoms with E-state index >= 15 is 0 Å². The normalized spacial score (nSPS) is 15.0. The molecule has 2 aliphatic rings. The zero-order valence-electron chi connectivity index (χ0n) is 16.2. The van der Waals surface area contributed by atoms with Crippen LogP contribution in [0.15, 0.2) is 66.0 Å². The fraction of sp³-hybridized carbons (Fsp3) is 0.136. The molecule has 2 N–H and O–H groups in total. The molecule has 156 valence electrons. The van der Waals surface area contributed by atoms with Crippen LogP contribution in [0.2, 0.25) is 0 Å². The second-order valence-electron chi connectivity index (χ2n) is 7.18. The Hall–Kier alpha value is -3.72. The lowest BCUT2D eigenvalue weighted by molar-refractivity contribution is -0.137. The van der Waals surface area contributed by atoms with E-state index in [1.165, 1.54) is 12.1 Å². The summed E-state index contributed by atoms with van der Waals surface area (Å²) in [5.41, 5.74) is 7.84. The number of benzene rings is 1. The van der Waals surface area contributed by atoms with E-state index < -0.39 is 11.7 Å². The number of aromatic nitrogens is 2. The number of pyridine rings is 2. The minimum Gasteiger partial charge on any atom is -0.338 e. The molecule has 0 spiro atoms. The smallest absolute Gasteiger partial charge is 0.338 e. The Morgan fingerprint density at radius 2 is 1.87 bits per heavy atom. The Kier molecular flexibility index (Phi) is 4.67. The molecular weight excluding hydrogens is 405 g/mol. The maximum atomic E-state index is 12.8. The Labute approximate surface area is 176 Å². The van der Waals surface area contributed by atoms with E-state index in [2.05, 4.69) is 25.7 Å². The minimum absolute atomic E-state index is 0.367. The first-order valence-electron chi connectivity index (χ1n) is 9.59. The topological polar surface area (TPSA) is 65.4 Å². The molecule has 6 nitrogen and oxygen atoms in total. The van der Waals surface area contributed by atoms with Gasteiger partial charge in [-0.2, -0.15) is 13.2 Å². The molecule has 0 radical (unpaired) electrons. The highest BCUT2D eigenvalue weighted by molar-refractivity contribution is 6.03. The molecule has 0 saturated heterocycles. The van der Waals surface area contributed by atoms with E-state index in [1.54, 1.807) is 24.9 Å². The molecule has 0 unspecified atom stereocenters. The van der Waals surface area contributed by atoms with Gasteiger partial charge in [-0.15, -0.1) is 0 Å². The van der Waals surface area contributed by atoms with Crippen LogP contribution < -0.4 is 10.7 Å². The van der Waals surface area contributed by atoms with Gasteiger partial charge in [-0.1, -0.05) is 12.1 Å². The molecular formula is C22H17F3N6. The second kappa shape index (κ2) is 7.51. The Morgan fingerprint density at radius 3 is 2.68 bits per heavy atom. The van der Waals surface area contributed by atoms with Crippen LogP contribution in [0.25, 0.3) is 11.3 Å². The van der Waals surface area contributed by atoms with E-state index in [-0.39, 0.29) is 0 Å². The van der Waals surface area contributed by atoms with Crippen molar-refractivity contribution in [2.75, 3.05) is 11.9 Å². The number of aliphatic imine (C=N–C) groups is 1. The zero-order chi connectivity index (χ0) is 21.4. The molecule has 0 amide bonds. The molecule has 0 fully saturated rings. The van der Waals surface area contributed by atoms with E-state index in [4.69, 9.17) is 0 Å². The van der Waals surface area contributed by atoms with Gasteiger partial charge in [0.1, 0.15) is 12.2 Å². The summed E-state index contributed by atoms with van der Waals surface area (Å²) in [6.07, 6.45) is 2.55. The van der Waals surface area contributed by atoms with Gasteiger partial charge in [0.2, 0.25) is 0 Å². The van der Waals surface area contributed by atoms with Crippen molar-refractivity contribution in [2.24, 2.45) is 4.99 Å². The lowest BCUT2D eigenvalue weighted by Gasteiger charge is -2.27. The van der Waals surface area contributed by atoms with E-state index in [0.717, 1.165) is 45.8 Å². The van der Waals surface area contributed by atoms with Crippen LogP contribution in [-0.4, -0.2) is 27.9 Å². The van der Waals surface area contributed by atoms with Gasteiger partial charge >= 0.3 is 6.18 Å². The molecule has 1 aromatic carbocycles. The number of anilines is 2. The molecule has 31 heavy (non-hydrogen) atoms. The van der Waals surface area contributed by atoms with Gasteiger partial charge in [0.05, 0.1) is 29.7 Å². The molecule has 0 saturated carbocycles. The molecule has 4 heterocycles. The lowest BCUT2D eigenvalue weighted by Crippen LogP contribution is -2.39.